The number of rotatable bonds is 5. The molecule has 3 aromatic rings. The normalized spacial score (nSPS) is 19.8. The summed E-state index contributed by atoms with van der Waals surface area (Å²) in [6, 6.07) is 9.91. The first-order valence-corrected chi connectivity index (χ1v) is 11.2. The molecule has 4 heterocycles. The fourth-order valence-corrected chi connectivity index (χ4v) is 5.75. The summed E-state index contributed by atoms with van der Waals surface area (Å²) in [6.45, 7) is 5.01. The quantitative estimate of drug-likeness (QED) is 0.669. The number of pyridine rings is 1. The molecule has 1 amide bonds. The first-order chi connectivity index (χ1) is 15.5. The minimum absolute atomic E-state index is 0.0858. The van der Waals surface area contributed by atoms with E-state index >= 15 is 0 Å². The number of hydrogen-bond donors (Lipinski definition) is 1. The summed E-state index contributed by atoms with van der Waals surface area (Å²) in [5.74, 6) is 0.890. The van der Waals surface area contributed by atoms with Gasteiger partial charge < -0.3 is 19.3 Å². The lowest BCUT2D eigenvalue weighted by Gasteiger charge is -2.56. The molecule has 1 aromatic carbocycles. The first-order valence-electron chi connectivity index (χ1n) is 11.2. The van der Waals surface area contributed by atoms with Gasteiger partial charge in [0.2, 0.25) is 5.91 Å². The van der Waals surface area contributed by atoms with Crippen LogP contribution in [0.1, 0.15) is 36.2 Å². The van der Waals surface area contributed by atoms with E-state index in [-0.39, 0.29) is 24.0 Å². The second-order valence-corrected chi connectivity index (χ2v) is 9.06. The molecule has 0 bridgehead atoms. The topological polar surface area (TPSA) is 70.8 Å². The third-order valence-corrected chi connectivity index (χ3v) is 7.13. The number of benzene rings is 1. The van der Waals surface area contributed by atoms with E-state index in [0.29, 0.717) is 13.0 Å². The number of aryl methyl sites for hydroxylation is 1. The predicted molar refractivity (Wildman–Crippen MR) is 122 cm³/mol. The maximum Gasteiger partial charge on any atom is 0.222 e. The minimum atomic E-state index is -0.334. The molecule has 168 valence electrons. The van der Waals surface area contributed by atoms with Crippen molar-refractivity contribution in [2.24, 2.45) is 7.05 Å². The molecule has 1 saturated heterocycles. The second-order valence-electron chi connectivity index (χ2n) is 9.06. The fourth-order valence-electron chi connectivity index (χ4n) is 5.75. The highest BCUT2D eigenvalue weighted by atomic mass is 16.5. The molecule has 1 fully saturated rings. The van der Waals surface area contributed by atoms with Gasteiger partial charge in [0.1, 0.15) is 5.75 Å². The van der Waals surface area contributed by atoms with Crippen LogP contribution in [-0.4, -0.2) is 63.7 Å². The summed E-state index contributed by atoms with van der Waals surface area (Å²) < 4.78 is 7.62. The SMILES string of the molecule is CCC(=O)N1CC2(CN(Cc3cccnc3)C2)c2c(n(C)c3cc(OC)ccc23)[C@H]1CO. The molecular formula is C25H30N4O3. The summed E-state index contributed by atoms with van der Waals surface area (Å²) in [5.41, 5.74) is 4.44. The number of amides is 1. The van der Waals surface area contributed by atoms with Gasteiger partial charge in [-0.25, -0.2) is 0 Å². The standard InChI is InChI=1S/C25H30N4O3/c1-4-22(31)29-16-25(14-28(15-25)12-17-6-5-9-26-11-17)23-19-8-7-18(32-3)10-20(19)27(2)24(23)21(29)13-30/h5-11,21,30H,4,12-16H2,1-3H3/t21-/m1/s1. The molecule has 2 aromatic heterocycles. The molecule has 1 spiro atoms. The van der Waals surface area contributed by atoms with Crippen LogP contribution in [-0.2, 0) is 23.8 Å². The molecule has 2 aliphatic heterocycles. The highest BCUT2D eigenvalue weighted by Crippen LogP contribution is 2.50. The first kappa shape index (κ1) is 21.0. The molecule has 1 atom stereocenters. The zero-order valence-corrected chi connectivity index (χ0v) is 18.9. The van der Waals surface area contributed by atoms with Gasteiger partial charge in [0.05, 0.1) is 25.3 Å². The van der Waals surface area contributed by atoms with E-state index in [1.165, 1.54) is 16.5 Å². The zero-order valence-electron chi connectivity index (χ0n) is 18.9. The number of fused-ring (bicyclic) bond motifs is 4. The van der Waals surface area contributed by atoms with Gasteiger partial charge in [0.25, 0.3) is 0 Å². The van der Waals surface area contributed by atoms with Crippen molar-refractivity contribution in [2.75, 3.05) is 33.4 Å². The van der Waals surface area contributed by atoms with Gasteiger partial charge in [-0.3, -0.25) is 14.7 Å². The summed E-state index contributed by atoms with van der Waals surface area (Å²) in [4.78, 5) is 21.5. The zero-order chi connectivity index (χ0) is 22.5. The van der Waals surface area contributed by atoms with Crippen molar-refractivity contribution in [2.45, 2.75) is 31.3 Å². The van der Waals surface area contributed by atoms with Crippen molar-refractivity contribution < 1.29 is 14.6 Å². The Labute approximate surface area is 188 Å². The van der Waals surface area contributed by atoms with Crippen LogP contribution in [0.5, 0.6) is 5.75 Å². The third-order valence-electron chi connectivity index (χ3n) is 7.13. The monoisotopic (exact) mass is 434 g/mol. The van der Waals surface area contributed by atoms with Gasteiger partial charge in [-0.15, -0.1) is 0 Å². The Hall–Kier alpha value is -2.90. The lowest BCUT2D eigenvalue weighted by molar-refractivity contribution is -0.138. The lowest BCUT2D eigenvalue weighted by Crippen LogP contribution is -2.66. The van der Waals surface area contributed by atoms with E-state index in [0.717, 1.165) is 36.6 Å². The van der Waals surface area contributed by atoms with Crippen molar-refractivity contribution in [1.29, 1.82) is 0 Å². The Bertz CT molecular complexity index is 1150. The number of nitrogens with zero attached hydrogens (tertiary/aromatic N) is 4. The molecule has 0 unspecified atom stereocenters. The van der Waals surface area contributed by atoms with Gasteiger partial charge >= 0.3 is 0 Å². The molecule has 7 nitrogen and oxygen atoms in total. The number of carbonyl (C=O) groups is 1. The average molecular weight is 435 g/mol. The molecule has 0 aliphatic carbocycles. The Kier molecular flexibility index (Phi) is 5.18. The number of ether oxygens (including phenoxy) is 1. The fraction of sp³-hybridized carbons (Fsp3) is 0.440. The Morgan fingerprint density at radius 2 is 2.09 bits per heavy atom. The van der Waals surface area contributed by atoms with Crippen LogP contribution >= 0.6 is 0 Å². The van der Waals surface area contributed by atoms with Crippen molar-refractivity contribution in [3.63, 3.8) is 0 Å². The molecule has 0 radical (unpaired) electrons. The smallest absolute Gasteiger partial charge is 0.222 e. The number of likely N-dealkylation sites (tertiary alicyclic amines) is 1. The van der Waals surface area contributed by atoms with Crippen molar-refractivity contribution in [3.05, 3.63) is 59.5 Å². The van der Waals surface area contributed by atoms with E-state index in [1.807, 2.05) is 43.3 Å². The van der Waals surface area contributed by atoms with Crippen molar-refractivity contribution in [1.82, 2.24) is 19.4 Å². The third kappa shape index (κ3) is 3.11. The van der Waals surface area contributed by atoms with Crippen LogP contribution in [0.4, 0.5) is 0 Å². The van der Waals surface area contributed by atoms with Gasteiger partial charge in [0.15, 0.2) is 0 Å². The second kappa shape index (κ2) is 7.90. The molecule has 2 aliphatic rings. The number of aromatic nitrogens is 2. The van der Waals surface area contributed by atoms with E-state index in [9.17, 15) is 9.90 Å². The molecular weight excluding hydrogens is 404 g/mol. The van der Waals surface area contributed by atoms with E-state index in [2.05, 4.69) is 26.6 Å². The molecule has 1 N–H and O–H groups in total. The number of hydrogen-bond acceptors (Lipinski definition) is 5. The minimum Gasteiger partial charge on any atom is -0.497 e. The number of aliphatic hydroxyl groups is 1. The van der Waals surface area contributed by atoms with Crippen LogP contribution < -0.4 is 4.74 Å². The predicted octanol–water partition coefficient (Wildman–Crippen LogP) is 2.62. The van der Waals surface area contributed by atoms with Gasteiger partial charge in [0, 0.05) is 74.6 Å². The van der Waals surface area contributed by atoms with Crippen LogP contribution in [0.25, 0.3) is 10.9 Å². The van der Waals surface area contributed by atoms with E-state index < -0.39 is 0 Å². The van der Waals surface area contributed by atoms with Gasteiger partial charge in [-0.05, 0) is 29.3 Å². The average Bonchev–Trinajstić information content (AvgIpc) is 3.10. The van der Waals surface area contributed by atoms with Gasteiger partial charge in [-0.2, -0.15) is 0 Å². The van der Waals surface area contributed by atoms with Crippen LogP contribution in [0.3, 0.4) is 0 Å². The summed E-state index contributed by atoms with van der Waals surface area (Å²) in [5, 5.41) is 11.5. The van der Waals surface area contributed by atoms with Gasteiger partial charge in [-0.1, -0.05) is 13.0 Å². The van der Waals surface area contributed by atoms with E-state index in [1.54, 1.807) is 13.3 Å². The van der Waals surface area contributed by atoms with Crippen LogP contribution in [0, 0.1) is 0 Å². The molecule has 7 heteroatoms. The lowest BCUT2D eigenvalue weighted by atomic mass is 9.68. The van der Waals surface area contributed by atoms with Crippen molar-refractivity contribution >= 4 is 16.8 Å². The summed E-state index contributed by atoms with van der Waals surface area (Å²) in [7, 11) is 3.70. The summed E-state index contributed by atoms with van der Waals surface area (Å²) >= 11 is 0. The number of carbonyl (C=O) groups excluding carboxylic acids is 1. The largest absolute Gasteiger partial charge is 0.497 e. The molecule has 0 saturated carbocycles. The molecule has 32 heavy (non-hydrogen) atoms. The van der Waals surface area contributed by atoms with E-state index in [4.69, 9.17) is 4.74 Å². The maximum absolute atomic E-state index is 12.9. The number of methoxy groups -OCH3 is 1. The Morgan fingerprint density at radius 3 is 2.75 bits per heavy atom. The maximum atomic E-state index is 12.9. The summed E-state index contributed by atoms with van der Waals surface area (Å²) in [6.07, 6.45) is 4.14. The highest BCUT2D eigenvalue weighted by Gasteiger charge is 2.53. The molecule has 5 rings (SSSR count). The van der Waals surface area contributed by atoms with Crippen LogP contribution in [0.15, 0.2) is 42.7 Å². The number of aliphatic hydroxyl groups excluding tert-OH is 1. The van der Waals surface area contributed by atoms with Crippen molar-refractivity contribution in [3.8, 4) is 5.75 Å². The highest BCUT2D eigenvalue weighted by molar-refractivity contribution is 5.90. The Morgan fingerprint density at radius 1 is 1.28 bits per heavy atom. The van der Waals surface area contributed by atoms with Crippen LogP contribution in [0.2, 0.25) is 0 Å². The Balaban J connectivity index is 1.60.